The van der Waals surface area contributed by atoms with Gasteiger partial charge in [0.15, 0.2) is 0 Å². The van der Waals surface area contributed by atoms with Crippen LogP contribution in [0.5, 0.6) is 0 Å². The summed E-state index contributed by atoms with van der Waals surface area (Å²) in [6.45, 7) is 7.16. The molecule has 1 aromatic rings. The minimum atomic E-state index is -3.28. The molecule has 1 aromatic carbocycles. The Labute approximate surface area is 115 Å². The first-order valence-electron chi connectivity index (χ1n) is 6.59. The maximum Gasteiger partial charge on any atom is 0.218 e. The van der Waals surface area contributed by atoms with Crippen molar-refractivity contribution >= 4 is 10.0 Å². The molecule has 0 aromatic heterocycles. The fourth-order valence-corrected chi connectivity index (χ4v) is 4.46. The van der Waals surface area contributed by atoms with Crippen LogP contribution in [0.2, 0.25) is 0 Å². The molecule has 1 heterocycles. The molecule has 0 saturated carbocycles. The highest BCUT2D eigenvalue weighted by Crippen LogP contribution is 2.24. The smallest absolute Gasteiger partial charge is 0.218 e. The highest BCUT2D eigenvalue weighted by atomic mass is 32.2. The summed E-state index contributed by atoms with van der Waals surface area (Å²) in [5.41, 5.74) is 0.463. The molecule has 0 radical (unpaired) electrons. The number of nitrogens with zero attached hydrogens (tertiary/aromatic N) is 1. The van der Waals surface area contributed by atoms with E-state index in [1.165, 1.54) is 0 Å². The average Bonchev–Trinajstić information content (AvgIpc) is 2.33. The van der Waals surface area contributed by atoms with Crippen molar-refractivity contribution in [3.05, 3.63) is 35.9 Å². The van der Waals surface area contributed by atoms with Crippen molar-refractivity contribution < 1.29 is 8.42 Å². The van der Waals surface area contributed by atoms with E-state index in [-0.39, 0.29) is 17.3 Å². The first kappa shape index (κ1) is 14.5. The minimum Gasteiger partial charge on any atom is -0.311 e. The Morgan fingerprint density at radius 2 is 1.95 bits per heavy atom. The number of piperazine rings is 1. The van der Waals surface area contributed by atoms with Crippen LogP contribution in [0.3, 0.4) is 0 Å². The summed E-state index contributed by atoms with van der Waals surface area (Å²) < 4.78 is 26.9. The van der Waals surface area contributed by atoms with Crippen molar-refractivity contribution in [1.82, 2.24) is 9.62 Å². The van der Waals surface area contributed by atoms with E-state index in [1.807, 2.05) is 51.1 Å². The van der Waals surface area contributed by atoms with E-state index in [1.54, 1.807) is 4.31 Å². The summed E-state index contributed by atoms with van der Waals surface area (Å²) in [7, 11) is -3.28. The van der Waals surface area contributed by atoms with Gasteiger partial charge in [-0.15, -0.1) is 0 Å². The van der Waals surface area contributed by atoms with Gasteiger partial charge in [-0.25, -0.2) is 8.42 Å². The van der Waals surface area contributed by atoms with Crippen LogP contribution in [0.15, 0.2) is 30.3 Å². The molecule has 0 spiro atoms. The quantitative estimate of drug-likeness (QED) is 0.916. The Kier molecular flexibility index (Phi) is 3.99. The maximum atomic E-state index is 12.6. The minimum absolute atomic E-state index is 0.0734. The van der Waals surface area contributed by atoms with Crippen LogP contribution in [0.1, 0.15) is 26.3 Å². The predicted molar refractivity (Wildman–Crippen MR) is 77.3 cm³/mol. The standard InChI is InChI=1S/C14H22N2O2S/c1-12-9-16(14(2,3)11-15-12)19(17,18)10-13-7-5-4-6-8-13/h4-8,12,15H,9-11H2,1-3H3. The first-order chi connectivity index (χ1) is 8.81. The number of hydrogen-bond donors (Lipinski definition) is 1. The highest BCUT2D eigenvalue weighted by molar-refractivity contribution is 7.88. The molecule has 1 aliphatic rings. The van der Waals surface area contributed by atoms with Crippen molar-refractivity contribution in [3.8, 4) is 0 Å². The third kappa shape index (κ3) is 3.35. The lowest BCUT2D eigenvalue weighted by atomic mass is 10.0. The Morgan fingerprint density at radius 3 is 2.58 bits per heavy atom. The van der Waals surface area contributed by atoms with Crippen molar-refractivity contribution in [2.75, 3.05) is 13.1 Å². The van der Waals surface area contributed by atoms with Gasteiger partial charge in [-0.3, -0.25) is 0 Å². The monoisotopic (exact) mass is 282 g/mol. The van der Waals surface area contributed by atoms with Crippen LogP contribution in [0.25, 0.3) is 0 Å². The molecule has 19 heavy (non-hydrogen) atoms. The van der Waals surface area contributed by atoms with Gasteiger partial charge < -0.3 is 5.32 Å². The van der Waals surface area contributed by atoms with Gasteiger partial charge in [-0.2, -0.15) is 4.31 Å². The molecule has 5 heteroatoms. The second-order valence-electron chi connectivity index (χ2n) is 5.87. The van der Waals surface area contributed by atoms with E-state index >= 15 is 0 Å². The van der Waals surface area contributed by atoms with E-state index in [9.17, 15) is 8.42 Å². The lowest BCUT2D eigenvalue weighted by Gasteiger charge is -2.44. The summed E-state index contributed by atoms with van der Waals surface area (Å²) in [5, 5.41) is 3.33. The zero-order valence-electron chi connectivity index (χ0n) is 11.8. The number of rotatable bonds is 3. The SMILES string of the molecule is CC1CN(S(=O)(=O)Cc2ccccc2)C(C)(C)CN1. The van der Waals surface area contributed by atoms with Crippen LogP contribution >= 0.6 is 0 Å². The zero-order chi connectivity index (χ0) is 14.1. The molecule has 1 saturated heterocycles. The fourth-order valence-electron chi connectivity index (χ4n) is 2.43. The third-order valence-corrected chi connectivity index (χ3v) is 5.54. The summed E-state index contributed by atoms with van der Waals surface area (Å²) in [5.74, 6) is 0.0734. The molecule has 1 fully saturated rings. The van der Waals surface area contributed by atoms with Crippen molar-refractivity contribution in [1.29, 1.82) is 0 Å². The van der Waals surface area contributed by atoms with Gasteiger partial charge in [0.2, 0.25) is 10.0 Å². The second kappa shape index (κ2) is 5.23. The van der Waals surface area contributed by atoms with E-state index in [0.717, 1.165) is 5.56 Å². The molecule has 4 nitrogen and oxygen atoms in total. The zero-order valence-corrected chi connectivity index (χ0v) is 12.6. The van der Waals surface area contributed by atoms with Crippen LogP contribution in [0, 0.1) is 0 Å². The van der Waals surface area contributed by atoms with Crippen LogP contribution < -0.4 is 5.32 Å². The lowest BCUT2D eigenvalue weighted by Crippen LogP contribution is -2.62. The number of nitrogens with one attached hydrogen (secondary N) is 1. The topological polar surface area (TPSA) is 49.4 Å². The van der Waals surface area contributed by atoms with Gasteiger partial charge in [0.25, 0.3) is 0 Å². The molecule has 1 aliphatic heterocycles. The molecule has 106 valence electrons. The lowest BCUT2D eigenvalue weighted by molar-refractivity contribution is 0.158. The molecule has 0 bridgehead atoms. The van der Waals surface area contributed by atoms with Crippen LogP contribution in [-0.4, -0.2) is 37.4 Å². The van der Waals surface area contributed by atoms with E-state index in [0.29, 0.717) is 13.1 Å². The Bertz CT molecular complexity index is 526. The van der Waals surface area contributed by atoms with E-state index in [4.69, 9.17) is 0 Å². The third-order valence-electron chi connectivity index (χ3n) is 3.53. The van der Waals surface area contributed by atoms with Crippen LogP contribution in [0.4, 0.5) is 0 Å². The van der Waals surface area contributed by atoms with Gasteiger partial charge >= 0.3 is 0 Å². The molecule has 1 N–H and O–H groups in total. The van der Waals surface area contributed by atoms with E-state index in [2.05, 4.69) is 5.32 Å². The summed E-state index contributed by atoms with van der Waals surface area (Å²) >= 11 is 0. The van der Waals surface area contributed by atoms with Gasteiger partial charge in [0, 0.05) is 24.7 Å². The molecule has 0 aliphatic carbocycles. The molecular weight excluding hydrogens is 260 g/mol. The van der Waals surface area contributed by atoms with Crippen molar-refractivity contribution in [3.63, 3.8) is 0 Å². The van der Waals surface area contributed by atoms with Gasteiger partial charge in [0.05, 0.1) is 5.75 Å². The Morgan fingerprint density at radius 1 is 1.32 bits per heavy atom. The first-order valence-corrected chi connectivity index (χ1v) is 8.20. The largest absolute Gasteiger partial charge is 0.311 e. The van der Waals surface area contributed by atoms with Crippen molar-refractivity contribution in [2.24, 2.45) is 0 Å². The second-order valence-corrected chi connectivity index (χ2v) is 7.76. The fraction of sp³-hybridized carbons (Fsp3) is 0.571. The number of hydrogen-bond acceptors (Lipinski definition) is 3. The summed E-state index contributed by atoms with van der Waals surface area (Å²) in [6, 6.07) is 9.55. The highest BCUT2D eigenvalue weighted by Gasteiger charge is 2.39. The Hall–Kier alpha value is -0.910. The molecule has 0 amide bonds. The van der Waals surface area contributed by atoms with Crippen molar-refractivity contribution in [2.45, 2.75) is 38.1 Å². The number of sulfonamides is 1. The van der Waals surface area contributed by atoms with Gasteiger partial charge in [0.1, 0.15) is 0 Å². The van der Waals surface area contributed by atoms with Crippen LogP contribution in [-0.2, 0) is 15.8 Å². The maximum absolute atomic E-state index is 12.6. The molecular formula is C14H22N2O2S. The molecule has 1 unspecified atom stereocenters. The summed E-state index contributed by atoms with van der Waals surface area (Å²) in [4.78, 5) is 0. The predicted octanol–water partition coefficient (Wildman–Crippen LogP) is 1.59. The normalized spacial score (nSPS) is 24.3. The van der Waals surface area contributed by atoms with E-state index < -0.39 is 10.0 Å². The molecule has 1 atom stereocenters. The number of benzene rings is 1. The summed E-state index contributed by atoms with van der Waals surface area (Å²) in [6.07, 6.45) is 0. The van der Waals surface area contributed by atoms with Gasteiger partial charge in [-0.05, 0) is 26.3 Å². The average molecular weight is 282 g/mol. The van der Waals surface area contributed by atoms with Gasteiger partial charge in [-0.1, -0.05) is 30.3 Å². The Balaban J connectivity index is 2.23. The molecule has 2 rings (SSSR count).